The average molecular weight is 379 g/mol. The number of hydrogen-bond acceptors (Lipinski definition) is 3. The Morgan fingerprint density at radius 3 is 2.57 bits per heavy atom. The van der Waals surface area contributed by atoms with Crippen LogP contribution < -0.4 is 16.0 Å². The van der Waals surface area contributed by atoms with Crippen molar-refractivity contribution in [2.75, 3.05) is 5.32 Å². The normalized spacial score (nSPS) is 17.0. The zero-order valence-electron chi connectivity index (χ0n) is 15.9. The number of rotatable bonds is 7. The van der Waals surface area contributed by atoms with Crippen LogP contribution in [0, 0.1) is 0 Å². The molecule has 0 saturated heterocycles. The molecule has 28 heavy (non-hydrogen) atoms. The van der Waals surface area contributed by atoms with Crippen LogP contribution in [0.1, 0.15) is 42.1 Å². The highest BCUT2D eigenvalue weighted by molar-refractivity contribution is 6.09. The van der Waals surface area contributed by atoms with Gasteiger partial charge >= 0.3 is 0 Å². The number of amides is 3. The van der Waals surface area contributed by atoms with Gasteiger partial charge in [-0.25, -0.2) is 0 Å². The van der Waals surface area contributed by atoms with Crippen molar-refractivity contribution in [3.8, 4) is 0 Å². The molecular weight excluding hydrogens is 354 g/mol. The van der Waals surface area contributed by atoms with E-state index in [2.05, 4.69) is 28.1 Å². The van der Waals surface area contributed by atoms with Gasteiger partial charge in [0.2, 0.25) is 11.8 Å². The molecule has 3 N–H and O–H groups in total. The Labute approximate surface area is 164 Å². The van der Waals surface area contributed by atoms with Crippen LogP contribution in [0.15, 0.2) is 54.6 Å². The Morgan fingerprint density at radius 2 is 1.79 bits per heavy atom. The third kappa shape index (κ3) is 5.19. The van der Waals surface area contributed by atoms with Gasteiger partial charge < -0.3 is 16.0 Å². The second kappa shape index (κ2) is 9.17. The lowest BCUT2D eigenvalue weighted by Crippen LogP contribution is -2.42. The summed E-state index contributed by atoms with van der Waals surface area (Å²) in [5, 5.41) is 8.43. The lowest BCUT2D eigenvalue weighted by Gasteiger charge is -2.17. The minimum absolute atomic E-state index is 0.0366. The van der Waals surface area contributed by atoms with Crippen LogP contribution in [0.5, 0.6) is 0 Å². The van der Waals surface area contributed by atoms with E-state index in [-0.39, 0.29) is 36.6 Å². The molecule has 0 radical (unpaired) electrons. The predicted octanol–water partition coefficient (Wildman–Crippen LogP) is 2.65. The summed E-state index contributed by atoms with van der Waals surface area (Å²) >= 11 is 0. The van der Waals surface area contributed by atoms with Crippen LogP contribution >= 0.6 is 0 Å². The highest BCUT2D eigenvalue weighted by Crippen LogP contribution is 2.19. The number of nitrogens with one attached hydrogen (secondary N) is 3. The number of anilines is 1. The van der Waals surface area contributed by atoms with Crippen molar-refractivity contribution in [1.82, 2.24) is 10.6 Å². The number of para-hydroxylation sites is 1. The van der Waals surface area contributed by atoms with E-state index in [0.29, 0.717) is 11.3 Å². The van der Waals surface area contributed by atoms with Crippen molar-refractivity contribution in [2.24, 2.45) is 0 Å². The van der Waals surface area contributed by atoms with Crippen LogP contribution in [0.3, 0.4) is 0 Å². The summed E-state index contributed by atoms with van der Waals surface area (Å²) in [6.07, 6.45) is 2.15. The summed E-state index contributed by atoms with van der Waals surface area (Å²) in [6, 6.07) is 16.3. The van der Waals surface area contributed by atoms with Gasteiger partial charge in [0.05, 0.1) is 11.3 Å². The number of fused-ring (bicyclic) bond motifs is 1. The van der Waals surface area contributed by atoms with E-state index < -0.39 is 6.04 Å². The molecule has 3 amide bonds. The first-order valence-corrected chi connectivity index (χ1v) is 9.57. The smallest absolute Gasteiger partial charge is 0.254 e. The molecule has 0 unspecified atom stereocenters. The fraction of sp³-hybridized carbons (Fsp3) is 0.318. The fourth-order valence-corrected chi connectivity index (χ4v) is 3.24. The number of hydrogen-bond donors (Lipinski definition) is 3. The quantitative estimate of drug-likeness (QED) is 0.691. The van der Waals surface area contributed by atoms with Gasteiger partial charge in [-0.3, -0.25) is 14.4 Å². The van der Waals surface area contributed by atoms with E-state index in [1.165, 1.54) is 5.56 Å². The van der Waals surface area contributed by atoms with Gasteiger partial charge in [-0.15, -0.1) is 0 Å². The molecule has 2 aromatic carbocycles. The van der Waals surface area contributed by atoms with Gasteiger partial charge in [0.1, 0.15) is 6.04 Å². The number of aryl methyl sites for hydroxylation is 1. The first-order valence-electron chi connectivity index (χ1n) is 9.57. The van der Waals surface area contributed by atoms with Crippen LogP contribution in [0.25, 0.3) is 0 Å². The van der Waals surface area contributed by atoms with Crippen LogP contribution in [0.2, 0.25) is 0 Å². The maximum Gasteiger partial charge on any atom is 0.254 e. The Bertz CT molecular complexity index is 851. The number of carbonyl (C=O) groups excluding carboxylic acids is 3. The Kier molecular flexibility index (Phi) is 6.42. The summed E-state index contributed by atoms with van der Waals surface area (Å²) in [7, 11) is 0. The molecule has 1 aliphatic heterocycles. The van der Waals surface area contributed by atoms with Gasteiger partial charge in [0.15, 0.2) is 0 Å². The van der Waals surface area contributed by atoms with E-state index in [1.807, 2.05) is 25.1 Å². The fourth-order valence-electron chi connectivity index (χ4n) is 3.24. The second-order valence-electron chi connectivity index (χ2n) is 7.09. The minimum atomic E-state index is -0.731. The summed E-state index contributed by atoms with van der Waals surface area (Å²) in [5.74, 6) is -0.733. The SMILES string of the molecule is C[C@H](CCc1ccccc1)NC(=O)CC[C@H]1NC(=O)c2ccccc2NC1=O. The van der Waals surface area contributed by atoms with Gasteiger partial charge in [-0.1, -0.05) is 42.5 Å². The van der Waals surface area contributed by atoms with E-state index in [4.69, 9.17) is 0 Å². The van der Waals surface area contributed by atoms with Crippen LogP contribution in [-0.4, -0.2) is 29.8 Å². The van der Waals surface area contributed by atoms with Crippen molar-refractivity contribution < 1.29 is 14.4 Å². The van der Waals surface area contributed by atoms with E-state index in [9.17, 15) is 14.4 Å². The van der Waals surface area contributed by atoms with Crippen molar-refractivity contribution in [2.45, 2.75) is 44.7 Å². The van der Waals surface area contributed by atoms with Crippen molar-refractivity contribution >= 4 is 23.4 Å². The minimum Gasteiger partial charge on any atom is -0.354 e. The summed E-state index contributed by atoms with van der Waals surface area (Å²) < 4.78 is 0. The highest BCUT2D eigenvalue weighted by atomic mass is 16.2. The van der Waals surface area contributed by atoms with Crippen molar-refractivity contribution in [1.29, 1.82) is 0 Å². The van der Waals surface area contributed by atoms with Gasteiger partial charge in [0, 0.05) is 12.5 Å². The van der Waals surface area contributed by atoms with Gasteiger partial charge in [-0.05, 0) is 43.9 Å². The third-order valence-electron chi connectivity index (χ3n) is 4.83. The molecule has 0 aliphatic carbocycles. The molecule has 0 fully saturated rings. The highest BCUT2D eigenvalue weighted by Gasteiger charge is 2.27. The maximum absolute atomic E-state index is 12.4. The standard InChI is InChI=1S/C22H25N3O3/c1-15(11-12-16-7-3-2-4-8-16)23-20(26)14-13-19-22(28)24-18-10-6-5-9-17(18)21(27)25-19/h2-10,15,19H,11-14H2,1H3,(H,23,26)(H,24,28)(H,25,27)/t15-,19-/m1/s1. The third-order valence-corrected chi connectivity index (χ3v) is 4.83. The number of benzene rings is 2. The maximum atomic E-state index is 12.4. The van der Waals surface area contributed by atoms with Crippen molar-refractivity contribution in [3.05, 3.63) is 65.7 Å². The summed E-state index contributed by atoms with van der Waals surface area (Å²) in [4.78, 5) is 36.9. The molecule has 1 aliphatic rings. The summed E-state index contributed by atoms with van der Waals surface area (Å²) in [5.41, 5.74) is 2.16. The Morgan fingerprint density at radius 1 is 1.07 bits per heavy atom. The van der Waals surface area contributed by atoms with Crippen LogP contribution in [0.4, 0.5) is 5.69 Å². The lowest BCUT2D eigenvalue weighted by molar-refractivity contribution is -0.122. The van der Waals surface area contributed by atoms with E-state index in [1.54, 1.807) is 24.3 Å². The lowest BCUT2D eigenvalue weighted by atomic mass is 10.1. The number of carbonyl (C=O) groups is 3. The molecule has 2 aromatic rings. The largest absolute Gasteiger partial charge is 0.354 e. The molecule has 6 heteroatoms. The molecule has 0 spiro atoms. The first kappa shape index (κ1) is 19.6. The van der Waals surface area contributed by atoms with Gasteiger partial charge in [-0.2, -0.15) is 0 Å². The molecule has 3 rings (SSSR count). The molecule has 1 heterocycles. The molecular formula is C22H25N3O3. The zero-order valence-corrected chi connectivity index (χ0v) is 15.9. The van der Waals surface area contributed by atoms with E-state index in [0.717, 1.165) is 12.8 Å². The summed E-state index contributed by atoms with van der Waals surface area (Å²) in [6.45, 7) is 1.97. The van der Waals surface area contributed by atoms with Crippen LogP contribution in [-0.2, 0) is 16.0 Å². The Hall–Kier alpha value is -3.15. The molecule has 0 bridgehead atoms. The van der Waals surface area contributed by atoms with Crippen molar-refractivity contribution in [3.63, 3.8) is 0 Å². The molecule has 0 aromatic heterocycles. The predicted molar refractivity (Wildman–Crippen MR) is 108 cm³/mol. The van der Waals surface area contributed by atoms with Gasteiger partial charge in [0.25, 0.3) is 5.91 Å². The Balaban J connectivity index is 1.46. The first-order chi connectivity index (χ1) is 13.5. The zero-order chi connectivity index (χ0) is 19.9. The molecule has 6 nitrogen and oxygen atoms in total. The second-order valence-corrected chi connectivity index (χ2v) is 7.09. The molecule has 146 valence electrons. The topological polar surface area (TPSA) is 87.3 Å². The molecule has 2 atom stereocenters. The molecule has 0 saturated carbocycles. The average Bonchev–Trinajstić information content (AvgIpc) is 2.82. The van der Waals surface area contributed by atoms with E-state index >= 15 is 0 Å². The monoisotopic (exact) mass is 379 g/mol.